The van der Waals surface area contributed by atoms with Gasteiger partial charge in [-0.25, -0.2) is 4.98 Å². The lowest BCUT2D eigenvalue weighted by Gasteiger charge is -2.33. The summed E-state index contributed by atoms with van der Waals surface area (Å²) in [5, 5.41) is 9.02. The first kappa shape index (κ1) is 14.1. The molecule has 21 heavy (non-hydrogen) atoms. The number of aliphatic carboxylic acids is 1. The minimum absolute atomic E-state index is 0.0791. The highest BCUT2D eigenvalue weighted by Gasteiger charge is 2.33. The number of benzene rings is 1. The van der Waals surface area contributed by atoms with Crippen LogP contribution in [0.5, 0.6) is 0 Å². The van der Waals surface area contributed by atoms with Crippen LogP contribution in [0.2, 0.25) is 0 Å². The summed E-state index contributed by atoms with van der Waals surface area (Å²) in [6.07, 6.45) is 6.19. The summed E-state index contributed by atoms with van der Waals surface area (Å²) in [5.41, 5.74) is 2.11. The number of hydrogen-bond donors (Lipinski definition) is 1. The smallest absolute Gasteiger partial charge is 0.305 e. The van der Waals surface area contributed by atoms with Crippen LogP contribution >= 0.6 is 0 Å². The molecule has 0 radical (unpaired) electrons. The van der Waals surface area contributed by atoms with Gasteiger partial charge < -0.3 is 9.67 Å². The first-order valence-electron chi connectivity index (χ1n) is 7.78. The van der Waals surface area contributed by atoms with E-state index in [1.54, 1.807) is 0 Å². The maximum atomic E-state index is 11.0. The third-order valence-corrected chi connectivity index (χ3v) is 4.70. The van der Waals surface area contributed by atoms with Gasteiger partial charge in [0.25, 0.3) is 0 Å². The van der Waals surface area contributed by atoms with Gasteiger partial charge in [-0.2, -0.15) is 0 Å². The van der Waals surface area contributed by atoms with E-state index in [1.165, 1.54) is 19.3 Å². The lowest BCUT2D eigenvalue weighted by Crippen LogP contribution is -2.29. The summed E-state index contributed by atoms with van der Waals surface area (Å²) in [7, 11) is 0. The number of carboxylic acid groups (broad SMARTS) is 1. The minimum Gasteiger partial charge on any atom is -0.481 e. The van der Waals surface area contributed by atoms with Crippen LogP contribution in [0.4, 0.5) is 0 Å². The maximum absolute atomic E-state index is 11.0. The normalized spacial score (nSPS) is 18.0. The molecule has 0 bridgehead atoms. The van der Waals surface area contributed by atoms with E-state index < -0.39 is 5.97 Å². The Morgan fingerprint density at radius 1 is 1.29 bits per heavy atom. The number of rotatable bonds is 4. The third kappa shape index (κ3) is 2.67. The van der Waals surface area contributed by atoms with Gasteiger partial charge in [-0.3, -0.25) is 4.79 Å². The van der Waals surface area contributed by atoms with E-state index in [4.69, 9.17) is 10.1 Å². The Kier molecular flexibility index (Phi) is 3.70. The fraction of sp³-hybridized carbons (Fsp3) is 0.529. The summed E-state index contributed by atoms with van der Waals surface area (Å²) in [5.74, 6) is 0.317. The molecule has 1 aromatic heterocycles. The molecule has 0 aliphatic heterocycles. The van der Waals surface area contributed by atoms with Crippen molar-refractivity contribution in [2.24, 2.45) is 0 Å². The van der Waals surface area contributed by atoms with Gasteiger partial charge in [0, 0.05) is 12.0 Å². The second-order valence-electron chi connectivity index (χ2n) is 6.34. The number of imidazole rings is 1. The van der Waals surface area contributed by atoms with Crippen molar-refractivity contribution in [1.82, 2.24) is 9.55 Å². The number of hydrogen-bond acceptors (Lipinski definition) is 2. The summed E-state index contributed by atoms with van der Waals surface area (Å²) >= 11 is 0. The van der Waals surface area contributed by atoms with Crippen molar-refractivity contribution in [2.75, 3.05) is 0 Å². The molecule has 4 heteroatoms. The lowest BCUT2D eigenvalue weighted by atomic mass is 9.75. The van der Waals surface area contributed by atoms with Crippen molar-refractivity contribution >= 4 is 17.0 Å². The summed E-state index contributed by atoms with van der Waals surface area (Å²) in [6, 6.07) is 8.04. The largest absolute Gasteiger partial charge is 0.481 e. The molecule has 1 aromatic carbocycles. The van der Waals surface area contributed by atoms with Crippen LogP contribution in [0.15, 0.2) is 24.3 Å². The predicted octanol–water partition coefficient (Wildman–Crippen LogP) is 3.73. The first-order chi connectivity index (χ1) is 10.1. The standard InChI is InChI=1S/C17H22N2O2/c1-17(10-5-2-6-11-17)16-18-13-7-3-4-8-14(13)19(16)12-9-15(20)21/h3-4,7-8H,2,5-6,9-12H2,1H3,(H,20,21). The molecular formula is C17H22N2O2. The molecule has 1 aliphatic carbocycles. The zero-order valence-electron chi connectivity index (χ0n) is 12.5. The molecule has 1 aliphatic rings. The number of nitrogens with zero attached hydrogens (tertiary/aromatic N) is 2. The molecule has 0 unspecified atom stereocenters. The van der Waals surface area contributed by atoms with E-state index in [0.717, 1.165) is 29.7 Å². The molecule has 1 heterocycles. The minimum atomic E-state index is -0.757. The van der Waals surface area contributed by atoms with Gasteiger partial charge in [0.15, 0.2) is 0 Å². The second-order valence-corrected chi connectivity index (χ2v) is 6.34. The number of aromatic nitrogens is 2. The lowest BCUT2D eigenvalue weighted by molar-refractivity contribution is -0.137. The Morgan fingerprint density at radius 2 is 2.00 bits per heavy atom. The molecule has 4 nitrogen and oxygen atoms in total. The van der Waals surface area contributed by atoms with Crippen LogP contribution in [-0.2, 0) is 16.8 Å². The fourth-order valence-electron chi connectivity index (χ4n) is 3.53. The van der Waals surface area contributed by atoms with Crippen molar-refractivity contribution in [1.29, 1.82) is 0 Å². The molecule has 0 spiro atoms. The summed E-state index contributed by atoms with van der Waals surface area (Å²) in [6.45, 7) is 2.78. The van der Waals surface area contributed by atoms with E-state index in [1.807, 2.05) is 24.3 Å². The zero-order chi connectivity index (χ0) is 14.9. The van der Waals surface area contributed by atoms with Gasteiger partial charge in [0.1, 0.15) is 5.82 Å². The van der Waals surface area contributed by atoms with E-state index >= 15 is 0 Å². The number of carboxylic acids is 1. The van der Waals surface area contributed by atoms with Crippen LogP contribution in [0.25, 0.3) is 11.0 Å². The molecule has 0 saturated heterocycles. The van der Waals surface area contributed by atoms with E-state index in [0.29, 0.717) is 6.54 Å². The molecule has 0 atom stereocenters. The van der Waals surface area contributed by atoms with Gasteiger partial charge in [0.2, 0.25) is 0 Å². The van der Waals surface area contributed by atoms with Crippen molar-refractivity contribution in [2.45, 2.75) is 57.4 Å². The van der Waals surface area contributed by atoms with Gasteiger partial charge in [0.05, 0.1) is 17.5 Å². The summed E-state index contributed by atoms with van der Waals surface area (Å²) < 4.78 is 2.13. The number of para-hydroxylation sites is 2. The Balaban J connectivity index is 2.07. The maximum Gasteiger partial charge on any atom is 0.305 e. The third-order valence-electron chi connectivity index (χ3n) is 4.70. The highest BCUT2D eigenvalue weighted by Crippen LogP contribution is 2.39. The zero-order valence-corrected chi connectivity index (χ0v) is 12.5. The highest BCUT2D eigenvalue weighted by atomic mass is 16.4. The molecule has 1 N–H and O–H groups in total. The predicted molar refractivity (Wildman–Crippen MR) is 82.4 cm³/mol. The fourth-order valence-corrected chi connectivity index (χ4v) is 3.53. The Bertz CT molecular complexity index is 654. The summed E-state index contributed by atoms with van der Waals surface area (Å²) in [4.78, 5) is 15.8. The average molecular weight is 286 g/mol. The van der Waals surface area contributed by atoms with Crippen LogP contribution < -0.4 is 0 Å². The number of fused-ring (bicyclic) bond motifs is 1. The molecule has 0 amide bonds. The monoisotopic (exact) mass is 286 g/mol. The highest BCUT2D eigenvalue weighted by molar-refractivity contribution is 5.76. The van der Waals surface area contributed by atoms with Crippen molar-refractivity contribution in [3.63, 3.8) is 0 Å². The van der Waals surface area contributed by atoms with Gasteiger partial charge in [-0.05, 0) is 25.0 Å². The van der Waals surface area contributed by atoms with Gasteiger partial charge in [-0.1, -0.05) is 38.3 Å². The van der Waals surface area contributed by atoms with Crippen LogP contribution in [0, 0.1) is 0 Å². The second kappa shape index (κ2) is 5.51. The Labute approximate surface area is 124 Å². The van der Waals surface area contributed by atoms with Crippen LogP contribution in [0.1, 0.15) is 51.3 Å². The van der Waals surface area contributed by atoms with E-state index in [9.17, 15) is 4.79 Å². The quantitative estimate of drug-likeness (QED) is 0.931. The molecule has 2 aromatic rings. The van der Waals surface area contributed by atoms with Crippen molar-refractivity contribution in [3.05, 3.63) is 30.1 Å². The topological polar surface area (TPSA) is 55.1 Å². The molecular weight excluding hydrogens is 264 g/mol. The van der Waals surface area contributed by atoms with Crippen molar-refractivity contribution in [3.8, 4) is 0 Å². The van der Waals surface area contributed by atoms with Crippen LogP contribution in [-0.4, -0.2) is 20.6 Å². The van der Waals surface area contributed by atoms with Gasteiger partial charge >= 0.3 is 5.97 Å². The molecule has 1 saturated carbocycles. The van der Waals surface area contributed by atoms with E-state index in [-0.39, 0.29) is 11.8 Å². The number of carbonyl (C=O) groups is 1. The van der Waals surface area contributed by atoms with Crippen LogP contribution in [0.3, 0.4) is 0 Å². The molecule has 112 valence electrons. The first-order valence-corrected chi connectivity index (χ1v) is 7.78. The van der Waals surface area contributed by atoms with Crippen molar-refractivity contribution < 1.29 is 9.90 Å². The number of aryl methyl sites for hydroxylation is 1. The average Bonchev–Trinajstić information content (AvgIpc) is 2.85. The Hall–Kier alpha value is -1.84. The Morgan fingerprint density at radius 3 is 2.71 bits per heavy atom. The SMILES string of the molecule is CC1(c2nc3ccccc3n2CCC(=O)O)CCCCC1. The molecule has 1 fully saturated rings. The molecule has 3 rings (SSSR count). The van der Waals surface area contributed by atoms with Gasteiger partial charge in [-0.15, -0.1) is 0 Å². The van der Waals surface area contributed by atoms with E-state index in [2.05, 4.69) is 11.5 Å².